The van der Waals surface area contributed by atoms with E-state index >= 15 is 0 Å². The number of benzene rings is 1. The van der Waals surface area contributed by atoms with Crippen molar-refractivity contribution in [2.24, 2.45) is 0 Å². The Morgan fingerprint density at radius 2 is 2.10 bits per heavy atom. The van der Waals surface area contributed by atoms with E-state index in [1.807, 2.05) is 25.3 Å². The zero-order chi connectivity index (χ0) is 14.9. The number of hydrogen-bond acceptors (Lipinski definition) is 4. The normalized spacial score (nSPS) is 22.1. The molecule has 1 heterocycles. The lowest BCUT2D eigenvalue weighted by Crippen LogP contribution is -2.40. The number of carboxylic acid groups (broad SMARTS) is 1. The predicted octanol–water partition coefficient (Wildman–Crippen LogP) is 1.38. The molecule has 0 aromatic heterocycles. The molecule has 0 bridgehead atoms. The van der Waals surface area contributed by atoms with Crippen LogP contribution in [-0.4, -0.2) is 51.9 Å². The molecule has 108 valence electrons. The maximum atomic E-state index is 12.5. The van der Waals surface area contributed by atoms with Crippen LogP contribution in [0.4, 0.5) is 0 Å². The van der Waals surface area contributed by atoms with Crippen LogP contribution in [0.1, 0.15) is 22.3 Å². The molecule has 5 nitrogen and oxygen atoms in total. The molecule has 1 fully saturated rings. The summed E-state index contributed by atoms with van der Waals surface area (Å²) in [6, 6.07) is 4.59. The van der Waals surface area contributed by atoms with E-state index in [-0.39, 0.29) is 18.9 Å². The zero-order valence-electron chi connectivity index (χ0n) is 11.4. The lowest BCUT2D eigenvalue weighted by molar-refractivity contribution is -0.141. The summed E-state index contributed by atoms with van der Waals surface area (Å²) in [5.74, 6) is -1.41. The molecule has 1 aliphatic heterocycles. The number of aliphatic carboxylic acids is 1. The second-order valence-electron chi connectivity index (χ2n) is 4.88. The highest BCUT2D eigenvalue weighted by Gasteiger charge is 2.39. The Bertz CT molecular complexity index is 546. The maximum Gasteiger partial charge on any atom is 0.326 e. The molecule has 1 aromatic rings. The van der Waals surface area contributed by atoms with E-state index in [9.17, 15) is 14.7 Å². The molecule has 1 saturated heterocycles. The van der Waals surface area contributed by atoms with Crippen molar-refractivity contribution in [1.29, 1.82) is 0 Å². The fraction of sp³-hybridized carbons (Fsp3) is 0.429. The molecule has 2 rings (SSSR count). The summed E-state index contributed by atoms with van der Waals surface area (Å²) in [6.07, 6.45) is 1.23. The lowest BCUT2D eigenvalue weighted by Gasteiger charge is -2.22. The molecule has 2 N–H and O–H groups in total. The number of aliphatic hydroxyl groups excluding tert-OH is 1. The number of carbonyl (C=O) groups excluding carboxylic acids is 1. The standard InChI is InChI=1S/C14H17NO4S/c1-8-3-4-10(20-2)6-11(8)13(17)15-7-9(16)5-12(15)14(18)19/h3-4,6,9,12,16H,5,7H2,1-2H3,(H,18,19)/t9-,12+/m1/s1. The topological polar surface area (TPSA) is 77.8 Å². The molecule has 0 unspecified atom stereocenters. The molecule has 20 heavy (non-hydrogen) atoms. The predicted molar refractivity (Wildman–Crippen MR) is 76.0 cm³/mol. The Morgan fingerprint density at radius 3 is 2.70 bits per heavy atom. The van der Waals surface area contributed by atoms with E-state index in [2.05, 4.69) is 0 Å². The number of aliphatic hydroxyl groups is 1. The molecule has 2 atom stereocenters. The van der Waals surface area contributed by atoms with E-state index in [1.54, 1.807) is 6.07 Å². The van der Waals surface area contributed by atoms with Crippen molar-refractivity contribution in [2.75, 3.05) is 12.8 Å². The van der Waals surface area contributed by atoms with Crippen molar-refractivity contribution in [2.45, 2.75) is 30.4 Å². The third-order valence-corrected chi connectivity index (χ3v) is 4.23. The number of amides is 1. The van der Waals surface area contributed by atoms with Gasteiger partial charge in [-0.25, -0.2) is 4.79 Å². The van der Waals surface area contributed by atoms with E-state index in [0.29, 0.717) is 5.56 Å². The average molecular weight is 295 g/mol. The average Bonchev–Trinajstić information content (AvgIpc) is 2.81. The van der Waals surface area contributed by atoms with Gasteiger partial charge in [0.1, 0.15) is 6.04 Å². The number of nitrogens with zero attached hydrogens (tertiary/aromatic N) is 1. The van der Waals surface area contributed by atoms with E-state index in [4.69, 9.17) is 5.11 Å². The van der Waals surface area contributed by atoms with Crippen LogP contribution in [0.25, 0.3) is 0 Å². The van der Waals surface area contributed by atoms with Gasteiger partial charge in [-0.05, 0) is 30.9 Å². The largest absolute Gasteiger partial charge is 0.480 e. The summed E-state index contributed by atoms with van der Waals surface area (Å²) >= 11 is 1.52. The number of thioether (sulfide) groups is 1. The second kappa shape index (κ2) is 5.85. The van der Waals surface area contributed by atoms with Crippen molar-refractivity contribution >= 4 is 23.6 Å². The summed E-state index contributed by atoms with van der Waals surface area (Å²) in [5.41, 5.74) is 1.30. The summed E-state index contributed by atoms with van der Waals surface area (Å²) in [7, 11) is 0. The summed E-state index contributed by atoms with van der Waals surface area (Å²) in [6.45, 7) is 1.89. The first-order chi connectivity index (χ1) is 9.43. The smallest absolute Gasteiger partial charge is 0.326 e. The molecule has 0 spiro atoms. The van der Waals surface area contributed by atoms with Crippen LogP contribution in [0, 0.1) is 6.92 Å². The van der Waals surface area contributed by atoms with E-state index in [0.717, 1.165) is 10.5 Å². The highest BCUT2D eigenvalue weighted by molar-refractivity contribution is 7.98. The fourth-order valence-electron chi connectivity index (χ4n) is 2.39. The summed E-state index contributed by atoms with van der Waals surface area (Å²) in [4.78, 5) is 25.9. The van der Waals surface area contributed by atoms with Gasteiger partial charge >= 0.3 is 5.97 Å². The molecular weight excluding hydrogens is 278 g/mol. The summed E-state index contributed by atoms with van der Waals surface area (Å²) < 4.78 is 0. The minimum Gasteiger partial charge on any atom is -0.480 e. The molecule has 0 saturated carbocycles. The van der Waals surface area contributed by atoms with Crippen molar-refractivity contribution in [3.05, 3.63) is 29.3 Å². The number of β-amino-alcohol motifs (C(OH)–C–C–N with tert-alkyl or cyclic N) is 1. The Hall–Kier alpha value is -1.53. The van der Waals surface area contributed by atoms with Gasteiger partial charge in [0.2, 0.25) is 0 Å². The van der Waals surface area contributed by atoms with Crippen LogP contribution in [0.2, 0.25) is 0 Å². The molecular formula is C14H17NO4S. The van der Waals surface area contributed by atoms with Crippen molar-refractivity contribution < 1.29 is 19.8 Å². The quantitative estimate of drug-likeness (QED) is 0.824. The highest BCUT2D eigenvalue weighted by atomic mass is 32.2. The van der Waals surface area contributed by atoms with Crippen LogP contribution < -0.4 is 0 Å². The molecule has 1 aromatic carbocycles. The summed E-state index contributed by atoms with van der Waals surface area (Å²) in [5, 5.41) is 18.8. The monoisotopic (exact) mass is 295 g/mol. The van der Waals surface area contributed by atoms with Gasteiger partial charge in [-0.1, -0.05) is 6.07 Å². The van der Waals surface area contributed by atoms with Crippen LogP contribution in [0.15, 0.2) is 23.1 Å². The number of likely N-dealkylation sites (tertiary alicyclic amines) is 1. The third kappa shape index (κ3) is 2.81. The van der Waals surface area contributed by atoms with Crippen LogP contribution >= 0.6 is 11.8 Å². The van der Waals surface area contributed by atoms with Gasteiger partial charge in [0.25, 0.3) is 5.91 Å². The van der Waals surface area contributed by atoms with E-state index < -0.39 is 18.1 Å². The van der Waals surface area contributed by atoms with Gasteiger partial charge in [-0.3, -0.25) is 4.79 Å². The Morgan fingerprint density at radius 1 is 1.40 bits per heavy atom. The first-order valence-electron chi connectivity index (χ1n) is 6.30. The van der Waals surface area contributed by atoms with E-state index in [1.165, 1.54) is 16.7 Å². The van der Waals surface area contributed by atoms with Gasteiger partial charge in [0.15, 0.2) is 0 Å². The third-order valence-electron chi connectivity index (χ3n) is 3.50. The maximum absolute atomic E-state index is 12.5. The van der Waals surface area contributed by atoms with Gasteiger partial charge < -0.3 is 15.1 Å². The lowest BCUT2D eigenvalue weighted by atomic mass is 10.1. The van der Waals surface area contributed by atoms with Gasteiger partial charge in [0.05, 0.1) is 6.10 Å². The van der Waals surface area contributed by atoms with Crippen molar-refractivity contribution in [3.63, 3.8) is 0 Å². The molecule has 1 amide bonds. The molecule has 0 radical (unpaired) electrons. The van der Waals surface area contributed by atoms with Gasteiger partial charge in [-0.2, -0.15) is 0 Å². The Balaban J connectivity index is 2.33. The molecule has 6 heteroatoms. The highest BCUT2D eigenvalue weighted by Crippen LogP contribution is 2.25. The van der Waals surface area contributed by atoms with Gasteiger partial charge in [0, 0.05) is 23.4 Å². The number of rotatable bonds is 3. The first kappa shape index (κ1) is 14.9. The Kier molecular flexibility index (Phi) is 4.35. The first-order valence-corrected chi connectivity index (χ1v) is 7.53. The van der Waals surface area contributed by atoms with Gasteiger partial charge in [-0.15, -0.1) is 11.8 Å². The van der Waals surface area contributed by atoms with Crippen LogP contribution in [-0.2, 0) is 4.79 Å². The number of carbonyl (C=O) groups is 2. The molecule has 1 aliphatic rings. The van der Waals surface area contributed by atoms with Crippen molar-refractivity contribution in [1.82, 2.24) is 4.90 Å². The number of carboxylic acids is 1. The van der Waals surface area contributed by atoms with Crippen LogP contribution in [0.3, 0.4) is 0 Å². The second-order valence-corrected chi connectivity index (χ2v) is 5.76. The minimum atomic E-state index is -1.08. The Labute approximate surface area is 121 Å². The number of aryl methyl sites for hydroxylation is 1. The minimum absolute atomic E-state index is 0.0682. The van der Waals surface area contributed by atoms with Crippen molar-refractivity contribution in [3.8, 4) is 0 Å². The van der Waals surface area contributed by atoms with Crippen LogP contribution in [0.5, 0.6) is 0 Å². The zero-order valence-corrected chi connectivity index (χ0v) is 12.2. The SMILES string of the molecule is CSc1ccc(C)c(C(=O)N2C[C@H](O)C[C@H]2C(=O)O)c1. The molecule has 0 aliphatic carbocycles. The fourth-order valence-corrected chi connectivity index (χ4v) is 2.83. The number of hydrogen-bond donors (Lipinski definition) is 2.